The van der Waals surface area contributed by atoms with Crippen molar-refractivity contribution in [3.05, 3.63) is 157 Å². The number of benzene rings is 8. The third-order valence-electron chi connectivity index (χ3n) is 8.37. The van der Waals surface area contributed by atoms with Crippen LogP contribution in [0.5, 0.6) is 0 Å². The first kappa shape index (κ1) is 14.8. The predicted molar refractivity (Wildman–Crippen MR) is 192 cm³/mol. The molecule has 0 fully saturated rings. The van der Waals surface area contributed by atoms with E-state index in [1.165, 1.54) is 0 Å². The normalized spacial score (nSPS) is 16.5. The molecule has 0 N–H and O–H groups in total. The van der Waals surface area contributed by atoms with Crippen LogP contribution in [-0.4, -0.2) is 0 Å². The second-order valence-electron chi connectivity index (χ2n) is 10.8. The number of fused-ring (bicyclic) bond motifs is 8. The quantitative estimate of drug-likeness (QED) is 0.188. The van der Waals surface area contributed by atoms with Crippen LogP contribution in [-0.2, 0) is 0 Å². The fourth-order valence-electron chi connectivity index (χ4n) is 6.41. The molecule has 0 amide bonds. The molecule has 10 aromatic rings. The Kier molecular flexibility index (Phi) is 3.11. The molecule has 0 aliphatic rings. The van der Waals surface area contributed by atoms with E-state index in [0.717, 1.165) is 5.39 Å². The zero-order valence-corrected chi connectivity index (χ0v) is 23.7. The molecule has 0 aliphatic heterocycles. The SMILES string of the molecule is [2H]c1c([2H])c([2H])c2c([2H])c(-c3c4c([2H])c([2H])c([2H])c([2H])c4c(-c4oc5c(ccc6c7ccccc7oc65)c4-c4ccccc4)c4c([2H])c([2H])c([2H])c([2H])c34)c([2H])c([2H])c2c1[2H]. The minimum atomic E-state index is -0.765. The Balaban J connectivity index is 1.52. The highest BCUT2D eigenvalue weighted by Gasteiger charge is 2.26. The molecular weight excluding hydrogens is 560 g/mol. The summed E-state index contributed by atoms with van der Waals surface area (Å²) in [7, 11) is 0. The Bertz CT molecular complexity index is 3570. The van der Waals surface area contributed by atoms with Gasteiger partial charge >= 0.3 is 0 Å². The topological polar surface area (TPSA) is 26.3 Å². The lowest BCUT2D eigenvalue weighted by molar-refractivity contribution is 0.613. The third-order valence-corrected chi connectivity index (χ3v) is 8.37. The van der Waals surface area contributed by atoms with E-state index in [-0.39, 0.29) is 38.5 Å². The second-order valence-corrected chi connectivity index (χ2v) is 10.8. The van der Waals surface area contributed by atoms with Crippen molar-refractivity contribution in [3.63, 3.8) is 0 Å². The van der Waals surface area contributed by atoms with Crippen molar-refractivity contribution in [2.24, 2.45) is 0 Å². The molecule has 0 spiro atoms. The first-order valence-corrected chi connectivity index (χ1v) is 14.5. The Labute approximate surface area is 285 Å². The lowest BCUT2D eigenvalue weighted by Crippen LogP contribution is -1.91. The molecule has 0 bridgehead atoms. The van der Waals surface area contributed by atoms with E-state index in [4.69, 9.17) is 21.2 Å². The van der Waals surface area contributed by atoms with Gasteiger partial charge in [0.15, 0.2) is 11.2 Å². The molecule has 214 valence electrons. The third kappa shape index (κ3) is 3.59. The standard InChI is InChI=1S/C44H26O2/c1-2-13-28(14-3-1)40-37-25-24-36-31-16-10-11-21-38(31)45-42(36)43(37)46-44(40)41-34-19-8-6-17-32(34)39(33-18-7-9-20-35(33)41)30-23-22-27-12-4-5-15-29(27)26-30/h1-26H/i4D,5D,6D,7D,8D,9D,12D,15D,17D,18D,19D,20D,22D,23D,26D. The van der Waals surface area contributed by atoms with Crippen molar-refractivity contribution < 1.29 is 29.4 Å². The van der Waals surface area contributed by atoms with Crippen LogP contribution in [0.25, 0.3) is 98.8 Å². The average Bonchev–Trinajstić information content (AvgIpc) is 3.84. The van der Waals surface area contributed by atoms with Crippen molar-refractivity contribution >= 4 is 65.2 Å². The van der Waals surface area contributed by atoms with Gasteiger partial charge in [-0.05, 0) is 73.2 Å². The molecule has 2 heterocycles. The van der Waals surface area contributed by atoms with Gasteiger partial charge in [0.1, 0.15) is 11.3 Å². The van der Waals surface area contributed by atoms with E-state index in [2.05, 4.69) is 0 Å². The zero-order valence-electron chi connectivity index (χ0n) is 38.7. The van der Waals surface area contributed by atoms with Crippen LogP contribution >= 0.6 is 0 Å². The van der Waals surface area contributed by atoms with Gasteiger partial charge in [-0.2, -0.15) is 0 Å². The van der Waals surface area contributed by atoms with Crippen LogP contribution in [0.15, 0.2) is 166 Å². The maximum Gasteiger partial charge on any atom is 0.178 e. The van der Waals surface area contributed by atoms with Gasteiger partial charge in [0.25, 0.3) is 0 Å². The van der Waals surface area contributed by atoms with Crippen LogP contribution in [0.3, 0.4) is 0 Å². The van der Waals surface area contributed by atoms with E-state index in [0.29, 0.717) is 33.1 Å². The summed E-state index contributed by atoms with van der Waals surface area (Å²) in [6, 6.07) is 9.51. The van der Waals surface area contributed by atoms with E-state index in [9.17, 15) is 8.22 Å². The van der Waals surface area contributed by atoms with Gasteiger partial charge in [-0.3, -0.25) is 0 Å². The molecule has 10 rings (SSSR count). The molecule has 0 saturated heterocycles. The van der Waals surface area contributed by atoms with Gasteiger partial charge in [0, 0.05) is 27.3 Å². The van der Waals surface area contributed by atoms with Gasteiger partial charge < -0.3 is 8.83 Å². The van der Waals surface area contributed by atoms with Gasteiger partial charge in [-0.25, -0.2) is 0 Å². The zero-order chi connectivity index (χ0) is 43.2. The highest BCUT2D eigenvalue weighted by molar-refractivity contribution is 6.24. The van der Waals surface area contributed by atoms with E-state index in [1.807, 2.05) is 30.3 Å². The predicted octanol–water partition coefficient (Wildman–Crippen LogP) is 12.8. The Morgan fingerprint density at radius 1 is 0.391 bits per heavy atom. The smallest absolute Gasteiger partial charge is 0.178 e. The van der Waals surface area contributed by atoms with E-state index in [1.54, 1.807) is 36.4 Å². The summed E-state index contributed by atoms with van der Waals surface area (Å²) in [4.78, 5) is 0. The molecule has 2 heteroatoms. The average molecular weight is 602 g/mol. The Morgan fingerprint density at radius 2 is 1.00 bits per heavy atom. The van der Waals surface area contributed by atoms with Gasteiger partial charge in [0.2, 0.25) is 0 Å². The Hall–Kier alpha value is -6.12. The van der Waals surface area contributed by atoms with Crippen molar-refractivity contribution in [1.29, 1.82) is 0 Å². The van der Waals surface area contributed by atoms with E-state index < -0.39 is 113 Å². The molecule has 0 saturated carbocycles. The number of hydrogen-bond donors (Lipinski definition) is 0. The second kappa shape index (κ2) is 9.69. The molecule has 2 aromatic heterocycles. The largest absolute Gasteiger partial charge is 0.452 e. The van der Waals surface area contributed by atoms with Crippen LogP contribution in [0.1, 0.15) is 20.6 Å². The number of rotatable bonds is 3. The molecule has 2 nitrogen and oxygen atoms in total. The number of para-hydroxylation sites is 1. The lowest BCUT2D eigenvalue weighted by Gasteiger charge is -2.17. The van der Waals surface area contributed by atoms with Crippen molar-refractivity contribution in [3.8, 4) is 33.6 Å². The summed E-state index contributed by atoms with van der Waals surface area (Å²) >= 11 is 0. The highest BCUT2D eigenvalue weighted by atomic mass is 16.4. The van der Waals surface area contributed by atoms with Crippen LogP contribution < -0.4 is 0 Å². The van der Waals surface area contributed by atoms with Crippen LogP contribution in [0.4, 0.5) is 0 Å². The first-order valence-electron chi connectivity index (χ1n) is 22.0. The fraction of sp³-hybridized carbons (Fsp3) is 0. The summed E-state index contributed by atoms with van der Waals surface area (Å²) in [6.07, 6.45) is 0. The molecule has 0 atom stereocenters. The molecule has 8 aromatic carbocycles. The number of furan rings is 2. The molecule has 0 aliphatic carbocycles. The van der Waals surface area contributed by atoms with E-state index >= 15 is 0 Å². The number of hydrogen-bond acceptors (Lipinski definition) is 2. The summed E-state index contributed by atoms with van der Waals surface area (Å²) in [5.74, 6) is -0.0308. The molecule has 0 radical (unpaired) electrons. The van der Waals surface area contributed by atoms with Crippen molar-refractivity contribution in [2.75, 3.05) is 0 Å². The molecule has 46 heavy (non-hydrogen) atoms. The van der Waals surface area contributed by atoms with Gasteiger partial charge in [-0.1, -0.05) is 133 Å². The fourth-order valence-corrected chi connectivity index (χ4v) is 6.41. The first-order chi connectivity index (χ1) is 29.1. The van der Waals surface area contributed by atoms with Gasteiger partial charge in [-0.15, -0.1) is 0 Å². The van der Waals surface area contributed by atoms with Crippen molar-refractivity contribution in [1.82, 2.24) is 0 Å². The maximum absolute atomic E-state index is 9.51. The monoisotopic (exact) mass is 601 g/mol. The minimum absolute atomic E-state index is 0.0308. The Morgan fingerprint density at radius 3 is 1.76 bits per heavy atom. The highest BCUT2D eigenvalue weighted by Crippen LogP contribution is 2.50. The molecular formula is C44H26O2. The summed E-state index contributed by atoms with van der Waals surface area (Å²) < 4.78 is 149. The molecule has 0 unspecified atom stereocenters. The summed E-state index contributed by atoms with van der Waals surface area (Å²) in [6.45, 7) is 0. The maximum atomic E-state index is 9.51. The minimum Gasteiger partial charge on any atom is -0.452 e. The van der Waals surface area contributed by atoms with Crippen LogP contribution in [0.2, 0.25) is 0 Å². The summed E-state index contributed by atoms with van der Waals surface area (Å²) in [5, 5.41) is -0.145. The lowest BCUT2D eigenvalue weighted by atomic mass is 9.85. The van der Waals surface area contributed by atoms with Gasteiger partial charge in [0.05, 0.1) is 20.6 Å². The van der Waals surface area contributed by atoms with Crippen molar-refractivity contribution in [2.45, 2.75) is 0 Å². The van der Waals surface area contributed by atoms with Crippen LogP contribution in [0, 0.1) is 0 Å². The summed E-state index contributed by atoms with van der Waals surface area (Å²) in [5.41, 5.74) is 1.09.